The van der Waals surface area contributed by atoms with E-state index in [-0.39, 0.29) is 0 Å². The lowest BCUT2D eigenvalue weighted by Crippen LogP contribution is -2.20. The summed E-state index contributed by atoms with van der Waals surface area (Å²) in [5.41, 5.74) is 1.44. The second-order valence-electron chi connectivity index (χ2n) is 5.90. The Bertz CT molecular complexity index is 846. The third kappa shape index (κ3) is 3.20. The molecular formula is C20H22O7. The molecule has 1 heterocycles. The Labute approximate surface area is 157 Å². The molecule has 0 aromatic heterocycles. The topological polar surface area (TPSA) is 72.5 Å². The summed E-state index contributed by atoms with van der Waals surface area (Å²) in [5, 5.41) is 0. The monoisotopic (exact) mass is 374 g/mol. The normalized spacial score (nSPS) is 17.5. The van der Waals surface area contributed by atoms with Gasteiger partial charge in [-0.25, -0.2) is 0 Å². The Morgan fingerprint density at radius 1 is 0.815 bits per heavy atom. The molecule has 0 fully saturated rings. The van der Waals surface area contributed by atoms with Crippen LogP contribution in [0.4, 0.5) is 0 Å². The quantitative estimate of drug-likeness (QED) is 0.720. The maximum Gasteiger partial charge on any atom is 0.317 e. The predicted molar refractivity (Wildman–Crippen MR) is 97.2 cm³/mol. The van der Waals surface area contributed by atoms with Crippen LogP contribution >= 0.6 is 0 Å². The third-order valence-electron chi connectivity index (χ3n) is 4.60. The number of methoxy groups -OCH3 is 5. The van der Waals surface area contributed by atoms with Crippen molar-refractivity contribution in [1.82, 2.24) is 0 Å². The molecule has 144 valence electrons. The molecule has 0 N–H and O–H groups in total. The zero-order valence-corrected chi connectivity index (χ0v) is 15.9. The first-order valence-electron chi connectivity index (χ1n) is 8.30. The van der Waals surface area contributed by atoms with Crippen molar-refractivity contribution in [3.63, 3.8) is 0 Å². The van der Waals surface area contributed by atoms with Crippen molar-refractivity contribution in [3.8, 4) is 28.7 Å². The molecule has 2 aromatic carbocycles. The first kappa shape index (κ1) is 18.7. The molecule has 2 aromatic rings. The third-order valence-corrected chi connectivity index (χ3v) is 4.60. The lowest BCUT2D eigenvalue weighted by atomic mass is 9.90. The van der Waals surface area contributed by atoms with Gasteiger partial charge >= 0.3 is 5.97 Å². The maximum atomic E-state index is 12.6. The number of hydrogen-bond acceptors (Lipinski definition) is 7. The molecule has 3 rings (SSSR count). The largest absolute Gasteiger partial charge is 0.493 e. The van der Waals surface area contributed by atoms with E-state index in [4.69, 9.17) is 28.4 Å². The Kier molecular flexibility index (Phi) is 5.30. The van der Waals surface area contributed by atoms with Crippen molar-refractivity contribution in [2.45, 2.75) is 12.0 Å². The molecular weight excluding hydrogens is 352 g/mol. The Morgan fingerprint density at radius 2 is 1.41 bits per heavy atom. The number of ether oxygens (including phenoxy) is 6. The van der Waals surface area contributed by atoms with Gasteiger partial charge in [0.25, 0.3) is 0 Å². The van der Waals surface area contributed by atoms with Crippen LogP contribution in [0.3, 0.4) is 0 Å². The second-order valence-corrected chi connectivity index (χ2v) is 5.90. The average Bonchev–Trinajstić information content (AvgIpc) is 3.09. The molecule has 2 atom stereocenters. The van der Waals surface area contributed by atoms with Crippen LogP contribution in [-0.2, 0) is 9.53 Å². The summed E-state index contributed by atoms with van der Waals surface area (Å²) in [6, 6.07) is 8.86. The van der Waals surface area contributed by atoms with Gasteiger partial charge in [-0.2, -0.15) is 0 Å². The van der Waals surface area contributed by atoms with E-state index in [1.54, 1.807) is 52.7 Å². The number of hydrogen-bond donors (Lipinski definition) is 0. The standard InChI is InChI=1S/C20H22O7/c1-22-13-7-6-11(8-15(13)23-2)19-18(20(21)26-5)12-9-16(24-3)17(25-4)10-14(12)27-19/h6-10,18-19H,1-5H3/t18-,19+/m0/s1. The zero-order valence-electron chi connectivity index (χ0n) is 15.9. The summed E-state index contributed by atoms with van der Waals surface area (Å²) in [4.78, 5) is 12.6. The van der Waals surface area contributed by atoms with Crippen molar-refractivity contribution < 1.29 is 33.2 Å². The van der Waals surface area contributed by atoms with Crippen molar-refractivity contribution in [2.75, 3.05) is 35.5 Å². The molecule has 1 aliphatic rings. The van der Waals surface area contributed by atoms with Crippen LogP contribution in [-0.4, -0.2) is 41.5 Å². The molecule has 0 saturated heterocycles. The van der Waals surface area contributed by atoms with Gasteiger partial charge in [0, 0.05) is 11.6 Å². The van der Waals surface area contributed by atoms with Crippen LogP contribution in [0.25, 0.3) is 0 Å². The summed E-state index contributed by atoms with van der Waals surface area (Å²) in [6.07, 6.45) is -0.580. The highest BCUT2D eigenvalue weighted by atomic mass is 16.5. The smallest absolute Gasteiger partial charge is 0.317 e. The van der Waals surface area contributed by atoms with E-state index >= 15 is 0 Å². The van der Waals surface area contributed by atoms with Crippen molar-refractivity contribution in [1.29, 1.82) is 0 Å². The summed E-state index contributed by atoms with van der Waals surface area (Å²) in [6.45, 7) is 0. The summed E-state index contributed by atoms with van der Waals surface area (Å²) in [5.74, 6) is 1.67. The fraction of sp³-hybridized carbons (Fsp3) is 0.350. The van der Waals surface area contributed by atoms with E-state index in [1.165, 1.54) is 7.11 Å². The summed E-state index contributed by atoms with van der Waals surface area (Å²) < 4.78 is 32.5. The van der Waals surface area contributed by atoms with Crippen LogP contribution in [0.15, 0.2) is 30.3 Å². The van der Waals surface area contributed by atoms with Gasteiger partial charge in [0.2, 0.25) is 0 Å². The van der Waals surface area contributed by atoms with Crippen molar-refractivity contribution in [3.05, 3.63) is 41.5 Å². The van der Waals surface area contributed by atoms with Gasteiger partial charge in [0.15, 0.2) is 23.0 Å². The lowest BCUT2D eigenvalue weighted by Gasteiger charge is -2.19. The van der Waals surface area contributed by atoms with Gasteiger partial charge in [-0.3, -0.25) is 4.79 Å². The number of carbonyl (C=O) groups is 1. The molecule has 0 spiro atoms. The van der Waals surface area contributed by atoms with Crippen LogP contribution in [0.5, 0.6) is 28.7 Å². The fourth-order valence-electron chi connectivity index (χ4n) is 3.26. The number of fused-ring (bicyclic) bond motifs is 1. The fourth-order valence-corrected chi connectivity index (χ4v) is 3.26. The lowest BCUT2D eigenvalue weighted by molar-refractivity contribution is -0.144. The van der Waals surface area contributed by atoms with E-state index in [0.29, 0.717) is 34.3 Å². The predicted octanol–water partition coefficient (Wildman–Crippen LogP) is 3.11. The van der Waals surface area contributed by atoms with Crippen LogP contribution in [0, 0.1) is 0 Å². The summed E-state index contributed by atoms with van der Waals surface area (Å²) in [7, 11) is 7.56. The maximum absolute atomic E-state index is 12.6. The van der Waals surface area contributed by atoms with E-state index in [2.05, 4.69) is 0 Å². The molecule has 0 aliphatic carbocycles. The molecule has 0 bridgehead atoms. The second kappa shape index (κ2) is 7.65. The van der Waals surface area contributed by atoms with Gasteiger partial charge in [-0.15, -0.1) is 0 Å². The summed E-state index contributed by atoms with van der Waals surface area (Å²) >= 11 is 0. The SMILES string of the molecule is COC(=O)[C@H]1c2cc(OC)c(OC)cc2O[C@@H]1c1ccc(OC)c(OC)c1. The molecule has 7 nitrogen and oxygen atoms in total. The van der Waals surface area contributed by atoms with E-state index in [0.717, 1.165) is 5.56 Å². The number of carbonyl (C=O) groups excluding carboxylic acids is 1. The molecule has 0 saturated carbocycles. The minimum Gasteiger partial charge on any atom is -0.493 e. The Morgan fingerprint density at radius 3 is 2.00 bits per heavy atom. The van der Waals surface area contributed by atoms with Gasteiger partial charge in [-0.1, -0.05) is 6.07 Å². The Hall–Kier alpha value is -3.09. The van der Waals surface area contributed by atoms with E-state index in [9.17, 15) is 4.79 Å². The number of esters is 1. The first-order chi connectivity index (χ1) is 13.1. The first-order valence-corrected chi connectivity index (χ1v) is 8.30. The van der Waals surface area contributed by atoms with Gasteiger partial charge in [-0.05, 0) is 23.8 Å². The number of benzene rings is 2. The molecule has 27 heavy (non-hydrogen) atoms. The highest BCUT2D eigenvalue weighted by Gasteiger charge is 2.42. The number of rotatable bonds is 6. The zero-order chi connectivity index (χ0) is 19.6. The highest BCUT2D eigenvalue weighted by molar-refractivity contribution is 5.82. The van der Waals surface area contributed by atoms with Crippen LogP contribution in [0.2, 0.25) is 0 Å². The van der Waals surface area contributed by atoms with Gasteiger partial charge in [0.1, 0.15) is 17.8 Å². The van der Waals surface area contributed by atoms with Gasteiger partial charge in [0.05, 0.1) is 35.5 Å². The molecule has 7 heteroatoms. The average molecular weight is 374 g/mol. The minimum atomic E-state index is -0.650. The Balaban J connectivity index is 2.09. The van der Waals surface area contributed by atoms with E-state index < -0.39 is 18.0 Å². The molecule has 0 amide bonds. The molecule has 0 unspecified atom stereocenters. The van der Waals surface area contributed by atoms with Crippen molar-refractivity contribution in [2.24, 2.45) is 0 Å². The minimum absolute atomic E-state index is 0.402. The van der Waals surface area contributed by atoms with Crippen LogP contribution in [0.1, 0.15) is 23.1 Å². The van der Waals surface area contributed by atoms with Crippen molar-refractivity contribution >= 4 is 5.97 Å². The van der Waals surface area contributed by atoms with Crippen LogP contribution < -0.4 is 23.7 Å². The highest BCUT2D eigenvalue weighted by Crippen LogP contribution is 2.51. The molecule has 0 radical (unpaired) electrons. The van der Waals surface area contributed by atoms with E-state index in [1.807, 2.05) is 6.07 Å². The van der Waals surface area contributed by atoms with Gasteiger partial charge < -0.3 is 28.4 Å². The molecule has 1 aliphatic heterocycles.